The largest absolute Gasteiger partial charge is 0.363 e. The van der Waals surface area contributed by atoms with E-state index < -0.39 is 17.7 Å². The van der Waals surface area contributed by atoms with Crippen LogP contribution in [0.3, 0.4) is 0 Å². The van der Waals surface area contributed by atoms with Crippen LogP contribution in [-0.2, 0) is 0 Å². The molecule has 0 aliphatic rings. The monoisotopic (exact) mass is 282 g/mol. The molecule has 0 saturated heterocycles. The van der Waals surface area contributed by atoms with E-state index in [4.69, 9.17) is 11.6 Å². The van der Waals surface area contributed by atoms with Crippen LogP contribution in [0.25, 0.3) is 0 Å². The van der Waals surface area contributed by atoms with Crippen molar-refractivity contribution in [3.05, 3.63) is 58.2 Å². The van der Waals surface area contributed by atoms with Gasteiger partial charge in [-0.3, -0.25) is 0 Å². The Labute approximate surface area is 115 Å². The molecule has 0 amide bonds. The smallest absolute Gasteiger partial charge is 0.131 e. The molecule has 0 fully saturated rings. The number of rotatable bonds is 3. The predicted molar refractivity (Wildman–Crippen MR) is 72.4 cm³/mol. The number of aromatic nitrogens is 1. The lowest BCUT2D eigenvalue weighted by Gasteiger charge is -2.16. The number of aryl methyl sites for hydroxylation is 1. The average molecular weight is 283 g/mol. The Morgan fingerprint density at radius 1 is 1.21 bits per heavy atom. The van der Waals surface area contributed by atoms with Gasteiger partial charge in [0.05, 0.1) is 6.04 Å². The van der Waals surface area contributed by atoms with Crippen LogP contribution in [0, 0.1) is 18.6 Å². The number of pyridine rings is 1. The van der Waals surface area contributed by atoms with E-state index in [-0.39, 0.29) is 11.1 Å². The number of anilines is 1. The summed E-state index contributed by atoms with van der Waals surface area (Å²) in [4.78, 5) is 4.05. The van der Waals surface area contributed by atoms with Crippen LogP contribution in [0.5, 0.6) is 0 Å². The van der Waals surface area contributed by atoms with E-state index in [0.29, 0.717) is 11.0 Å². The van der Waals surface area contributed by atoms with Crippen molar-refractivity contribution in [3.8, 4) is 0 Å². The highest BCUT2D eigenvalue weighted by Crippen LogP contribution is 2.23. The Hall–Kier alpha value is -1.68. The van der Waals surface area contributed by atoms with Crippen LogP contribution in [0.4, 0.5) is 14.6 Å². The molecule has 19 heavy (non-hydrogen) atoms. The summed E-state index contributed by atoms with van der Waals surface area (Å²) in [5.41, 5.74) is 0.541. The maximum atomic E-state index is 13.8. The average Bonchev–Trinajstić information content (AvgIpc) is 2.33. The third-order valence-electron chi connectivity index (χ3n) is 2.82. The van der Waals surface area contributed by atoms with Gasteiger partial charge in [0, 0.05) is 5.56 Å². The first-order valence-electron chi connectivity index (χ1n) is 5.82. The Bertz CT molecular complexity index is 602. The Balaban J connectivity index is 2.25. The normalized spacial score (nSPS) is 12.3. The number of hydrogen-bond donors (Lipinski definition) is 1. The van der Waals surface area contributed by atoms with Crippen LogP contribution in [-0.4, -0.2) is 4.98 Å². The van der Waals surface area contributed by atoms with E-state index in [9.17, 15) is 8.78 Å². The molecule has 2 nitrogen and oxygen atoms in total. The summed E-state index contributed by atoms with van der Waals surface area (Å²) in [7, 11) is 0. The van der Waals surface area contributed by atoms with E-state index >= 15 is 0 Å². The zero-order chi connectivity index (χ0) is 14.0. The van der Waals surface area contributed by atoms with E-state index in [1.807, 2.05) is 0 Å². The van der Waals surface area contributed by atoms with Crippen molar-refractivity contribution in [2.45, 2.75) is 19.9 Å². The minimum Gasteiger partial charge on any atom is -0.363 e. The molecule has 0 aliphatic carbocycles. The van der Waals surface area contributed by atoms with E-state index in [0.717, 1.165) is 0 Å². The second-order valence-electron chi connectivity index (χ2n) is 4.33. The van der Waals surface area contributed by atoms with Gasteiger partial charge in [0.25, 0.3) is 0 Å². The minimum absolute atomic E-state index is 0.255. The number of nitrogens with one attached hydrogen (secondary N) is 1. The molecule has 2 aromatic rings. The van der Waals surface area contributed by atoms with Gasteiger partial charge >= 0.3 is 0 Å². The van der Waals surface area contributed by atoms with Crippen LogP contribution in [0.2, 0.25) is 5.15 Å². The van der Waals surface area contributed by atoms with Crippen LogP contribution < -0.4 is 5.32 Å². The first-order valence-corrected chi connectivity index (χ1v) is 6.20. The maximum Gasteiger partial charge on any atom is 0.131 e. The maximum absolute atomic E-state index is 13.8. The van der Waals surface area contributed by atoms with Gasteiger partial charge in [0.1, 0.15) is 22.6 Å². The molecule has 2 rings (SSSR count). The molecule has 0 spiro atoms. The fourth-order valence-corrected chi connectivity index (χ4v) is 1.95. The molecule has 1 heterocycles. The summed E-state index contributed by atoms with van der Waals surface area (Å²) < 4.78 is 27.3. The van der Waals surface area contributed by atoms with Gasteiger partial charge in [-0.2, -0.15) is 0 Å². The van der Waals surface area contributed by atoms with Crippen LogP contribution in [0.15, 0.2) is 30.3 Å². The lowest BCUT2D eigenvalue weighted by atomic mass is 10.1. The lowest BCUT2D eigenvalue weighted by molar-refractivity contribution is 0.571. The topological polar surface area (TPSA) is 24.9 Å². The van der Waals surface area contributed by atoms with Crippen molar-refractivity contribution in [1.29, 1.82) is 0 Å². The van der Waals surface area contributed by atoms with Gasteiger partial charge in [-0.15, -0.1) is 0 Å². The fraction of sp³-hybridized carbons (Fsp3) is 0.214. The fourth-order valence-electron chi connectivity index (χ4n) is 1.78. The highest BCUT2D eigenvalue weighted by molar-refractivity contribution is 6.29. The Morgan fingerprint density at radius 2 is 1.95 bits per heavy atom. The minimum atomic E-state index is -0.444. The molecule has 100 valence electrons. The molecule has 1 aromatic heterocycles. The molecule has 0 bridgehead atoms. The Morgan fingerprint density at radius 3 is 2.63 bits per heavy atom. The van der Waals surface area contributed by atoms with Gasteiger partial charge in [-0.05, 0) is 43.7 Å². The number of nitrogens with zero attached hydrogens (tertiary/aromatic N) is 1. The molecule has 0 aliphatic heterocycles. The van der Waals surface area contributed by atoms with Crippen LogP contribution >= 0.6 is 11.6 Å². The standard InChI is InChI=1S/C14H13ClF2N2/c1-8-6-12(17)10(7-11(8)16)9(2)18-14-5-3-4-13(15)19-14/h3-7,9H,1-2H3,(H,18,19). The second kappa shape index (κ2) is 5.53. The van der Waals surface area contributed by atoms with E-state index in [1.54, 1.807) is 25.1 Å². The third kappa shape index (κ3) is 3.20. The van der Waals surface area contributed by atoms with Gasteiger partial charge in [-0.25, -0.2) is 13.8 Å². The highest BCUT2D eigenvalue weighted by Gasteiger charge is 2.14. The second-order valence-corrected chi connectivity index (χ2v) is 4.72. The van der Waals surface area contributed by atoms with Crippen molar-refractivity contribution in [3.63, 3.8) is 0 Å². The van der Waals surface area contributed by atoms with Gasteiger partial charge < -0.3 is 5.32 Å². The summed E-state index contributed by atoms with van der Waals surface area (Å²) in [5.74, 6) is -0.356. The molecule has 1 unspecified atom stereocenters. The number of halogens is 3. The third-order valence-corrected chi connectivity index (χ3v) is 3.03. The van der Waals surface area contributed by atoms with Crippen molar-refractivity contribution in [2.75, 3.05) is 5.32 Å². The molecule has 1 N–H and O–H groups in total. The first kappa shape index (κ1) is 13.7. The SMILES string of the molecule is Cc1cc(F)c(C(C)Nc2cccc(Cl)n2)cc1F. The molecular weight excluding hydrogens is 270 g/mol. The van der Waals surface area contributed by atoms with Crippen molar-refractivity contribution in [1.82, 2.24) is 4.98 Å². The molecule has 0 saturated carbocycles. The number of hydrogen-bond acceptors (Lipinski definition) is 2. The Kier molecular flexibility index (Phi) is 4.00. The molecular formula is C14H13ClF2N2. The van der Waals surface area contributed by atoms with Crippen molar-refractivity contribution >= 4 is 17.4 Å². The summed E-state index contributed by atoms with van der Waals surface area (Å²) in [5, 5.41) is 3.32. The summed E-state index contributed by atoms with van der Waals surface area (Å²) in [6, 6.07) is 7.06. The van der Waals surface area contributed by atoms with Gasteiger partial charge in [-0.1, -0.05) is 17.7 Å². The predicted octanol–water partition coefficient (Wildman–Crippen LogP) is 4.49. The quantitative estimate of drug-likeness (QED) is 0.839. The zero-order valence-corrected chi connectivity index (χ0v) is 11.3. The van der Waals surface area contributed by atoms with Crippen molar-refractivity contribution < 1.29 is 8.78 Å². The van der Waals surface area contributed by atoms with Gasteiger partial charge in [0.2, 0.25) is 0 Å². The van der Waals surface area contributed by atoms with E-state index in [2.05, 4.69) is 10.3 Å². The van der Waals surface area contributed by atoms with Gasteiger partial charge in [0.15, 0.2) is 0 Å². The molecule has 1 aromatic carbocycles. The lowest BCUT2D eigenvalue weighted by Crippen LogP contribution is -2.10. The van der Waals surface area contributed by atoms with Crippen LogP contribution in [0.1, 0.15) is 24.1 Å². The van der Waals surface area contributed by atoms with Crippen molar-refractivity contribution in [2.24, 2.45) is 0 Å². The molecule has 1 atom stereocenters. The van der Waals surface area contributed by atoms with E-state index in [1.165, 1.54) is 19.1 Å². The summed E-state index contributed by atoms with van der Waals surface area (Å²) >= 11 is 5.77. The number of benzene rings is 1. The molecule has 5 heteroatoms. The highest BCUT2D eigenvalue weighted by atomic mass is 35.5. The summed E-state index contributed by atoms with van der Waals surface area (Å²) in [6.45, 7) is 3.26. The summed E-state index contributed by atoms with van der Waals surface area (Å²) in [6.07, 6.45) is 0. The molecule has 0 radical (unpaired) electrons. The zero-order valence-electron chi connectivity index (χ0n) is 10.5. The first-order chi connectivity index (χ1) is 8.97.